The fourth-order valence-electron chi connectivity index (χ4n) is 3.43. The van der Waals surface area contributed by atoms with E-state index in [0.717, 1.165) is 16.9 Å². The van der Waals surface area contributed by atoms with Crippen molar-refractivity contribution in [2.45, 2.75) is 0 Å². The van der Waals surface area contributed by atoms with Crippen molar-refractivity contribution in [3.05, 3.63) is 60.7 Å². The molecule has 0 aliphatic carbocycles. The van der Waals surface area contributed by atoms with Gasteiger partial charge in [0.2, 0.25) is 0 Å². The van der Waals surface area contributed by atoms with Crippen molar-refractivity contribution in [1.29, 1.82) is 0 Å². The first-order valence-electron chi connectivity index (χ1n) is 9.01. The van der Waals surface area contributed by atoms with Crippen molar-refractivity contribution in [2.75, 3.05) is 31.1 Å². The molecule has 1 aromatic carbocycles. The molecule has 4 aromatic rings. The van der Waals surface area contributed by atoms with E-state index in [1.54, 1.807) is 27.9 Å². The molecular formula is C19H17N7O2. The Labute approximate surface area is 160 Å². The molecule has 0 bridgehead atoms. The number of furan rings is 1. The summed E-state index contributed by atoms with van der Waals surface area (Å²) in [7, 11) is 0. The third kappa shape index (κ3) is 2.77. The van der Waals surface area contributed by atoms with Gasteiger partial charge in [0, 0.05) is 26.2 Å². The maximum atomic E-state index is 12.4. The van der Waals surface area contributed by atoms with Crippen molar-refractivity contribution in [1.82, 2.24) is 30.1 Å². The van der Waals surface area contributed by atoms with Gasteiger partial charge >= 0.3 is 0 Å². The smallest absolute Gasteiger partial charge is 0.289 e. The van der Waals surface area contributed by atoms with Crippen LogP contribution in [0.25, 0.3) is 16.7 Å². The molecule has 1 aliphatic heterocycles. The summed E-state index contributed by atoms with van der Waals surface area (Å²) in [5, 5.41) is 17.7. The Kier molecular flexibility index (Phi) is 3.97. The molecule has 0 spiro atoms. The van der Waals surface area contributed by atoms with Crippen LogP contribution in [0.3, 0.4) is 0 Å². The molecule has 9 nitrogen and oxygen atoms in total. The average molecular weight is 375 g/mol. The molecule has 1 saturated heterocycles. The van der Waals surface area contributed by atoms with E-state index in [2.05, 4.69) is 25.4 Å². The molecule has 1 amide bonds. The second-order valence-electron chi connectivity index (χ2n) is 6.50. The number of carbonyl (C=O) groups excluding carboxylic acids is 1. The number of benzene rings is 1. The second-order valence-corrected chi connectivity index (χ2v) is 6.50. The Morgan fingerprint density at radius 1 is 0.964 bits per heavy atom. The van der Waals surface area contributed by atoms with Gasteiger partial charge in [0.1, 0.15) is 0 Å². The van der Waals surface area contributed by atoms with Gasteiger partial charge in [0.05, 0.1) is 23.5 Å². The lowest BCUT2D eigenvalue weighted by molar-refractivity contribution is 0.0714. The fourth-order valence-corrected chi connectivity index (χ4v) is 3.43. The van der Waals surface area contributed by atoms with Gasteiger partial charge in [0.25, 0.3) is 5.91 Å². The Balaban J connectivity index is 1.39. The van der Waals surface area contributed by atoms with Crippen LogP contribution in [0.15, 0.2) is 59.3 Å². The Bertz CT molecular complexity index is 1100. The largest absolute Gasteiger partial charge is 0.459 e. The SMILES string of the molecule is O=C(c1ccco1)N1CCN(c2nnnc3c2cnn3-c2ccccc2)CC1. The number of aromatic nitrogens is 5. The van der Waals surface area contributed by atoms with Crippen molar-refractivity contribution in [3.63, 3.8) is 0 Å². The predicted octanol–water partition coefficient (Wildman–Crippen LogP) is 1.77. The second kappa shape index (κ2) is 6.76. The van der Waals surface area contributed by atoms with E-state index < -0.39 is 0 Å². The predicted molar refractivity (Wildman–Crippen MR) is 101 cm³/mol. The monoisotopic (exact) mass is 375 g/mol. The van der Waals surface area contributed by atoms with Crippen LogP contribution < -0.4 is 4.90 Å². The number of para-hydroxylation sites is 1. The Morgan fingerprint density at radius 2 is 1.79 bits per heavy atom. The van der Waals surface area contributed by atoms with Gasteiger partial charge in [-0.05, 0) is 29.5 Å². The van der Waals surface area contributed by atoms with Crippen molar-refractivity contribution < 1.29 is 9.21 Å². The molecule has 140 valence electrons. The molecule has 1 aliphatic rings. The fraction of sp³-hybridized carbons (Fsp3) is 0.211. The minimum Gasteiger partial charge on any atom is -0.459 e. The molecule has 3 aromatic heterocycles. The summed E-state index contributed by atoms with van der Waals surface area (Å²) in [4.78, 5) is 16.3. The lowest BCUT2D eigenvalue weighted by atomic mass is 10.2. The van der Waals surface area contributed by atoms with Gasteiger partial charge in [-0.25, -0.2) is 4.68 Å². The van der Waals surface area contributed by atoms with Crippen molar-refractivity contribution in [3.8, 4) is 5.69 Å². The summed E-state index contributed by atoms with van der Waals surface area (Å²) < 4.78 is 6.97. The first-order chi connectivity index (χ1) is 13.8. The highest BCUT2D eigenvalue weighted by atomic mass is 16.3. The van der Waals surface area contributed by atoms with Crippen LogP contribution >= 0.6 is 0 Å². The number of fused-ring (bicyclic) bond motifs is 1. The molecule has 28 heavy (non-hydrogen) atoms. The highest BCUT2D eigenvalue weighted by molar-refractivity contribution is 5.92. The van der Waals surface area contributed by atoms with Crippen molar-refractivity contribution in [2.24, 2.45) is 0 Å². The van der Waals surface area contributed by atoms with Crippen LogP contribution in [-0.2, 0) is 0 Å². The zero-order chi connectivity index (χ0) is 18.9. The highest BCUT2D eigenvalue weighted by Crippen LogP contribution is 2.25. The summed E-state index contributed by atoms with van der Waals surface area (Å²) in [6, 6.07) is 13.2. The van der Waals surface area contributed by atoms with Crippen molar-refractivity contribution >= 4 is 22.8 Å². The number of nitrogens with zero attached hydrogens (tertiary/aromatic N) is 7. The first-order valence-corrected chi connectivity index (χ1v) is 9.01. The third-order valence-electron chi connectivity index (χ3n) is 4.86. The third-order valence-corrected chi connectivity index (χ3v) is 4.86. The topological polar surface area (TPSA) is 93.2 Å². The average Bonchev–Trinajstić information content (AvgIpc) is 3.44. The summed E-state index contributed by atoms with van der Waals surface area (Å²) in [6.45, 7) is 2.46. The minimum atomic E-state index is -0.0903. The number of hydrogen-bond donors (Lipinski definition) is 0. The standard InChI is InChI=1S/C19H17N7O2/c27-19(16-7-4-12-28-16)25-10-8-24(9-11-25)17-15-13-20-26(18(15)22-23-21-17)14-5-2-1-3-6-14/h1-7,12-13H,8-11H2. The molecule has 9 heteroatoms. The number of anilines is 1. The molecule has 4 heterocycles. The van der Waals surface area contributed by atoms with E-state index in [1.807, 2.05) is 30.3 Å². The zero-order valence-corrected chi connectivity index (χ0v) is 15.0. The maximum Gasteiger partial charge on any atom is 0.289 e. The van der Waals surface area contributed by atoms with E-state index in [0.29, 0.717) is 37.6 Å². The van der Waals surface area contributed by atoms with E-state index in [1.165, 1.54) is 6.26 Å². The van der Waals surface area contributed by atoms with Gasteiger partial charge < -0.3 is 14.2 Å². The minimum absolute atomic E-state index is 0.0903. The lowest BCUT2D eigenvalue weighted by Crippen LogP contribution is -2.49. The van der Waals surface area contributed by atoms with Gasteiger partial charge in [0.15, 0.2) is 17.2 Å². The molecule has 0 atom stereocenters. The van der Waals surface area contributed by atoms with E-state index >= 15 is 0 Å². The Morgan fingerprint density at radius 3 is 2.54 bits per heavy atom. The number of rotatable bonds is 3. The molecule has 0 saturated carbocycles. The van der Waals surface area contributed by atoms with Crippen LogP contribution in [0.5, 0.6) is 0 Å². The zero-order valence-electron chi connectivity index (χ0n) is 15.0. The van der Waals surface area contributed by atoms with Gasteiger partial charge in [-0.15, -0.1) is 10.2 Å². The van der Waals surface area contributed by atoms with Crippen LogP contribution in [0.4, 0.5) is 5.82 Å². The summed E-state index contributed by atoms with van der Waals surface area (Å²) in [5.41, 5.74) is 1.57. The summed E-state index contributed by atoms with van der Waals surface area (Å²) >= 11 is 0. The molecule has 0 unspecified atom stereocenters. The molecular weight excluding hydrogens is 358 g/mol. The van der Waals surface area contributed by atoms with Gasteiger partial charge in [-0.1, -0.05) is 18.2 Å². The van der Waals surface area contributed by atoms with E-state index in [-0.39, 0.29) is 5.91 Å². The van der Waals surface area contributed by atoms with Crippen LogP contribution in [-0.4, -0.2) is 62.2 Å². The lowest BCUT2D eigenvalue weighted by Gasteiger charge is -2.34. The van der Waals surface area contributed by atoms with Crippen LogP contribution in [0.2, 0.25) is 0 Å². The van der Waals surface area contributed by atoms with Crippen LogP contribution in [0, 0.1) is 0 Å². The summed E-state index contributed by atoms with van der Waals surface area (Å²) in [6.07, 6.45) is 3.27. The molecule has 0 radical (unpaired) electrons. The van der Waals surface area contributed by atoms with E-state index in [9.17, 15) is 4.79 Å². The highest BCUT2D eigenvalue weighted by Gasteiger charge is 2.26. The normalized spacial score (nSPS) is 14.6. The number of hydrogen-bond acceptors (Lipinski definition) is 7. The number of carbonyl (C=O) groups is 1. The number of amides is 1. The van der Waals surface area contributed by atoms with Gasteiger partial charge in [-0.2, -0.15) is 5.10 Å². The van der Waals surface area contributed by atoms with Gasteiger partial charge in [-0.3, -0.25) is 4.79 Å². The number of piperazine rings is 1. The Hall–Kier alpha value is -3.75. The molecule has 0 N–H and O–H groups in total. The molecule has 5 rings (SSSR count). The maximum absolute atomic E-state index is 12.4. The first kappa shape index (κ1) is 16.4. The van der Waals surface area contributed by atoms with Crippen LogP contribution in [0.1, 0.15) is 10.6 Å². The quantitative estimate of drug-likeness (QED) is 0.539. The molecule has 1 fully saturated rings. The summed E-state index contributed by atoms with van der Waals surface area (Å²) in [5.74, 6) is 1.01. The van der Waals surface area contributed by atoms with E-state index in [4.69, 9.17) is 4.42 Å².